The Morgan fingerprint density at radius 3 is 0.633 bits per heavy atom. The maximum atomic E-state index is 10.2. The third-order valence-corrected chi connectivity index (χ3v) is 5.14. The van der Waals surface area contributed by atoms with E-state index in [0.717, 1.165) is 0 Å². The smallest absolute Gasteiger partial charge is 0.320 e. The Hall–Kier alpha value is -4.51. The normalized spacial score (nSPS) is 11.8. The van der Waals surface area contributed by atoms with Crippen molar-refractivity contribution < 1.29 is 60.7 Å². The molecule has 25 heteroatoms. The van der Waals surface area contributed by atoms with Crippen molar-refractivity contribution in [2.75, 3.05) is 26.2 Å². The summed E-state index contributed by atoms with van der Waals surface area (Å²) in [6, 6.07) is -3.28. The molecule has 0 heterocycles. The summed E-state index contributed by atoms with van der Waals surface area (Å²) in [5, 5.41) is 33.5. The molecule has 0 aromatic heterocycles. The van der Waals surface area contributed by atoms with Gasteiger partial charge in [-0.15, -0.1) is 0 Å². The molecule has 0 aromatic rings. The number of carboxylic acids is 4. The zero-order valence-electron chi connectivity index (χ0n) is 27.3. The molecule has 0 bridgehead atoms. The van der Waals surface area contributed by atoms with Crippen molar-refractivity contribution in [1.29, 1.82) is 0 Å². The Kier molecular flexibility index (Phi) is 38.3. The van der Waals surface area contributed by atoms with Crippen molar-refractivity contribution in [3.8, 4) is 0 Å². The van der Waals surface area contributed by atoms with Crippen LogP contribution in [0.5, 0.6) is 0 Å². The minimum atomic E-state index is -1.00. The van der Waals surface area contributed by atoms with E-state index < -0.39 is 48.0 Å². The van der Waals surface area contributed by atoms with Crippen molar-refractivity contribution in [3.05, 3.63) is 0 Å². The number of rotatable bonds is 20. The van der Waals surface area contributed by atoms with Crippen molar-refractivity contribution in [1.82, 2.24) is 0 Å². The molecule has 286 valence electrons. The van der Waals surface area contributed by atoms with Gasteiger partial charge >= 0.3 is 23.9 Å². The van der Waals surface area contributed by atoms with E-state index in [9.17, 15) is 19.2 Å². The first-order valence-corrected chi connectivity index (χ1v) is 14.3. The van der Waals surface area contributed by atoms with Crippen LogP contribution < -0.4 is 68.8 Å². The van der Waals surface area contributed by atoms with Crippen LogP contribution >= 0.6 is 0 Å². The van der Waals surface area contributed by atoms with Gasteiger partial charge in [-0.2, -0.15) is 0 Å². The van der Waals surface area contributed by atoms with Crippen LogP contribution in [0.1, 0.15) is 51.4 Å². The van der Waals surface area contributed by atoms with Gasteiger partial charge in [-0.25, -0.2) is 0 Å². The van der Waals surface area contributed by atoms with Crippen molar-refractivity contribution in [2.45, 2.75) is 75.5 Å². The molecular weight excluding hydrogens is 736 g/mol. The standard InChI is InChI=1S/4C6H14N4O2.Mo/c4*7-4(5(11)12)2-1-3-10-6(8)9;/h4*4H,1-3,7H2,(H,11,12)(H4,8,9,10);/t4*4-;/m0000./s1. The summed E-state index contributed by atoms with van der Waals surface area (Å²) in [5.41, 5.74) is 61.3. The van der Waals surface area contributed by atoms with Crippen molar-refractivity contribution in [2.24, 2.45) is 88.8 Å². The largest absolute Gasteiger partial charge is 0.480 e. The number of hydrogen-bond donors (Lipinski definition) is 16. The van der Waals surface area contributed by atoms with Crippen LogP contribution in [0, 0.1) is 0 Å². The van der Waals surface area contributed by atoms with Crippen LogP contribution in [0.3, 0.4) is 0 Å². The topological polar surface area (TPSA) is 511 Å². The summed E-state index contributed by atoms with van der Waals surface area (Å²) in [6.07, 6.45) is 3.82. The molecular formula is C24H56MoN16O8. The number of aliphatic carboxylic acids is 4. The quantitative estimate of drug-likeness (QED) is 0.0236. The van der Waals surface area contributed by atoms with Crippen LogP contribution in [0.15, 0.2) is 20.0 Å². The van der Waals surface area contributed by atoms with Crippen LogP contribution in [-0.2, 0) is 40.2 Å². The zero-order valence-corrected chi connectivity index (χ0v) is 29.3. The second kappa shape index (κ2) is 34.8. The van der Waals surface area contributed by atoms with E-state index in [1.165, 1.54) is 0 Å². The predicted octanol–water partition coefficient (Wildman–Crippen LogP) is -6.19. The minimum absolute atomic E-state index is 0. The fourth-order valence-corrected chi connectivity index (χ4v) is 2.57. The van der Waals surface area contributed by atoms with Gasteiger partial charge < -0.3 is 89.2 Å². The van der Waals surface area contributed by atoms with Gasteiger partial charge in [0.05, 0.1) is 0 Å². The van der Waals surface area contributed by atoms with E-state index in [2.05, 4.69) is 20.0 Å². The zero-order chi connectivity index (χ0) is 38.2. The molecule has 0 spiro atoms. The Morgan fingerprint density at radius 1 is 0.388 bits per heavy atom. The number of aliphatic imine (C=N–C) groups is 4. The van der Waals surface area contributed by atoms with Gasteiger partial charge in [-0.05, 0) is 51.4 Å². The van der Waals surface area contributed by atoms with Gasteiger partial charge in [0.25, 0.3) is 0 Å². The van der Waals surface area contributed by atoms with Crippen molar-refractivity contribution in [3.63, 3.8) is 0 Å². The molecule has 0 amide bonds. The monoisotopic (exact) mass is 794 g/mol. The van der Waals surface area contributed by atoms with E-state index in [1.54, 1.807) is 0 Å². The number of guanidine groups is 4. The number of nitrogens with two attached hydrogens (primary N) is 12. The molecule has 0 aromatic carbocycles. The molecule has 0 fully saturated rings. The average molecular weight is 793 g/mol. The Morgan fingerprint density at radius 2 is 0.531 bits per heavy atom. The van der Waals surface area contributed by atoms with Crippen molar-refractivity contribution >= 4 is 47.7 Å². The number of carbonyl (C=O) groups is 4. The predicted molar refractivity (Wildman–Crippen MR) is 182 cm³/mol. The Labute approximate surface area is 298 Å². The maximum Gasteiger partial charge on any atom is 0.320 e. The second-order valence-electron chi connectivity index (χ2n) is 9.57. The van der Waals surface area contributed by atoms with E-state index in [4.69, 9.17) is 89.2 Å². The van der Waals surface area contributed by atoms with Gasteiger partial charge in [-0.1, -0.05) is 0 Å². The van der Waals surface area contributed by atoms with Crippen LogP contribution in [0.4, 0.5) is 0 Å². The Balaban J connectivity index is -0.000000174. The third kappa shape index (κ3) is 48.0. The molecule has 0 radical (unpaired) electrons. The summed E-state index contributed by atoms with van der Waals surface area (Å²) in [4.78, 5) is 55.6. The van der Waals surface area contributed by atoms with Gasteiger partial charge in [0.1, 0.15) is 24.2 Å². The van der Waals surface area contributed by atoms with Gasteiger partial charge in [0.15, 0.2) is 23.8 Å². The van der Waals surface area contributed by atoms with Crippen LogP contribution in [0.2, 0.25) is 0 Å². The minimum Gasteiger partial charge on any atom is -0.480 e. The summed E-state index contributed by atoms with van der Waals surface area (Å²) in [7, 11) is 0. The van der Waals surface area contributed by atoms with Gasteiger partial charge in [0, 0.05) is 47.2 Å². The van der Waals surface area contributed by atoms with E-state index >= 15 is 0 Å². The molecule has 28 N–H and O–H groups in total. The Bertz CT molecular complexity index is 873. The first kappa shape index (κ1) is 54.0. The average Bonchev–Trinajstić information content (AvgIpc) is 2.97. The van der Waals surface area contributed by atoms with E-state index in [1.807, 2.05) is 0 Å². The van der Waals surface area contributed by atoms with Gasteiger partial charge in [0.2, 0.25) is 0 Å². The summed E-state index contributed by atoms with van der Waals surface area (Å²) in [5.74, 6) is -3.95. The SMILES string of the molecule is NC(N)=NCCC[C@H](N)C(=O)O.NC(N)=NCCC[C@H](N)C(=O)O.NC(N)=NCCC[C@H](N)C(=O)O.NC(N)=NCCC[C@H](N)C(=O)O.[Mo]. The van der Waals surface area contributed by atoms with Crippen LogP contribution in [0.25, 0.3) is 0 Å². The molecule has 49 heavy (non-hydrogen) atoms. The molecule has 0 aliphatic heterocycles. The molecule has 0 saturated carbocycles. The van der Waals surface area contributed by atoms with Gasteiger partial charge in [-0.3, -0.25) is 39.1 Å². The summed E-state index contributed by atoms with van der Waals surface area (Å²) < 4.78 is 0. The molecule has 24 nitrogen and oxygen atoms in total. The first-order chi connectivity index (χ1) is 22.1. The fourth-order valence-electron chi connectivity index (χ4n) is 2.57. The van der Waals surface area contributed by atoms with E-state index in [-0.39, 0.29) is 44.9 Å². The number of hydrogen-bond acceptors (Lipinski definition) is 12. The fraction of sp³-hybridized carbons (Fsp3) is 0.667. The number of nitrogens with zero attached hydrogens (tertiary/aromatic N) is 4. The third-order valence-electron chi connectivity index (χ3n) is 5.14. The molecule has 0 aliphatic carbocycles. The van der Waals surface area contributed by atoms with Crippen LogP contribution in [-0.4, -0.2) is 118 Å². The molecule has 0 unspecified atom stereocenters. The molecule has 0 rings (SSSR count). The second-order valence-corrected chi connectivity index (χ2v) is 9.57. The summed E-state index contributed by atoms with van der Waals surface area (Å²) in [6.45, 7) is 1.68. The summed E-state index contributed by atoms with van der Waals surface area (Å²) >= 11 is 0. The maximum absolute atomic E-state index is 10.2. The molecule has 0 aliphatic rings. The first-order valence-electron chi connectivity index (χ1n) is 14.3. The molecule has 4 atom stereocenters. The molecule has 0 saturated heterocycles. The van der Waals surface area contributed by atoms with E-state index in [0.29, 0.717) is 77.5 Å². The number of carboxylic acid groups (broad SMARTS) is 4.